The van der Waals surface area contributed by atoms with Crippen LogP contribution in [-0.2, 0) is 6.54 Å². The normalized spacial score (nSPS) is 22.7. The molecule has 3 saturated heterocycles. The number of hydrogen-bond donors (Lipinski definition) is 0. The molecule has 1 aromatic rings. The first-order chi connectivity index (χ1) is 12.7. The zero-order valence-electron chi connectivity index (χ0n) is 15.6. The quantitative estimate of drug-likeness (QED) is 0.589. The molecule has 3 aliphatic rings. The van der Waals surface area contributed by atoms with Crippen molar-refractivity contribution in [1.29, 1.82) is 0 Å². The lowest BCUT2D eigenvalue weighted by Crippen LogP contribution is -2.45. The van der Waals surface area contributed by atoms with Gasteiger partial charge in [-0.25, -0.2) is 13.6 Å². The first-order valence-electron chi connectivity index (χ1n) is 8.83. The summed E-state index contributed by atoms with van der Waals surface area (Å²) in [6.45, 7) is 1.22. The second-order valence-corrected chi connectivity index (χ2v) is 7.38. The van der Waals surface area contributed by atoms with Crippen molar-refractivity contribution in [3.63, 3.8) is 0 Å². The van der Waals surface area contributed by atoms with Crippen LogP contribution in [-0.4, -0.2) is 67.6 Å². The van der Waals surface area contributed by atoms with Gasteiger partial charge in [-0.1, -0.05) is 0 Å². The Balaban J connectivity index is 1.86. The van der Waals surface area contributed by atoms with Crippen LogP contribution in [0.3, 0.4) is 0 Å². The molecule has 27 heavy (non-hydrogen) atoms. The molecule has 2 amide bonds. The lowest BCUT2D eigenvalue weighted by Gasteiger charge is -2.36. The maximum Gasteiger partial charge on any atom is 0.319 e. The third-order valence-corrected chi connectivity index (χ3v) is 5.36. The topological polar surface area (TPSA) is 36.0 Å². The van der Waals surface area contributed by atoms with Gasteiger partial charge < -0.3 is 14.5 Å². The molecule has 3 heterocycles. The van der Waals surface area contributed by atoms with Gasteiger partial charge in [-0.3, -0.25) is 4.90 Å². The summed E-state index contributed by atoms with van der Waals surface area (Å²) in [7, 11) is 4.28. The lowest BCUT2D eigenvalue weighted by molar-refractivity contribution is 0.119. The minimum absolute atomic E-state index is 0.118. The van der Waals surface area contributed by atoms with Gasteiger partial charge >= 0.3 is 6.03 Å². The van der Waals surface area contributed by atoms with Crippen molar-refractivity contribution in [2.45, 2.75) is 25.4 Å². The highest BCUT2D eigenvalue weighted by Gasteiger charge is 2.38. The molecule has 0 saturated carbocycles. The van der Waals surface area contributed by atoms with E-state index in [1.54, 1.807) is 19.0 Å². The summed E-state index contributed by atoms with van der Waals surface area (Å²) < 4.78 is 61.1. The summed E-state index contributed by atoms with van der Waals surface area (Å²) in [4.78, 5) is 17.3. The summed E-state index contributed by atoms with van der Waals surface area (Å²) in [5, 5.41) is 0. The number of ether oxygens (including phenoxy) is 1. The average molecular weight is 389 g/mol. The zero-order valence-corrected chi connectivity index (χ0v) is 15.6. The van der Waals surface area contributed by atoms with E-state index in [0.29, 0.717) is 19.6 Å². The number of hydrogen-bond acceptors (Lipinski definition) is 3. The van der Waals surface area contributed by atoms with E-state index in [9.17, 15) is 22.4 Å². The zero-order chi connectivity index (χ0) is 19.9. The molecular weight excluding hydrogens is 366 g/mol. The fourth-order valence-electron chi connectivity index (χ4n) is 3.99. The highest BCUT2D eigenvalue weighted by Crippen LogP contribution is 2.34. The van der Waals surface area contributed by atoms with Crippen LogP contribution < -0.4 is 4.74 Å². The number of halogens is 4. The van der Waals surface area contributed by atoms with Crippen LogP contribution in [0.4, 0.5) is 22.4 Å². The molecule has 0 N–H and O–H groups in total. The number of carbonyl (C=O) groups excluding carboxylic acids is 1. The number of piperidine rings is 1. The van der Waals surface area contributed by atoms with E-state index in [2.05, 4.69) is 4.74 Å². The van der Waals surface area contributed by atoms with Crippen LogP contribution in [0, 0.1) is 29.2 Å². The van der Waals surface area contributed by atoms with Gasteiger partial charge in [-0.15, -0.1) is 0 Å². The number of amides is 2. The Hall–Kier alpha value is -2.03. The van der Waals surface area contributed by atoms with Gasteiger partial charge in [0.1, 0.15) is 0 Å². The van der Waals surface area contributed by atoms with Crippen molar-refractivity contribution in [3.8, 4) is 5.75 Å². The second kappa shape index (κ2) is 7.53. The smallest absolute Gasteiger partial charge is 0.319 e. The summed E-state index contributed by atoms with van der Waals surface area (Å²) in [6, 6.07) is -0.243. The number of methoxy groups -OCH3 is 1. The predicted molar refractivity (Wildman–Crippen MR) is 90.4 cm³/mol. The first-order valence-corrected chi connectivity index (χ1v) is 8.83. The molecule has 3 aliphatic heterocycles. The van der Waals surface area contributed by atoms with E-state index >= 15 is 0 Å². The molecule has 0 aromatic heterocycles. The van der Waals surface area contributed by atoms with E-state index in [-0.39, 0.29) is 24.5 Å². The predicted octanol–water partition coefficient (Wildman–Crippen LogP) is 2.83. The molecule has 3 fully saturated rings. The Bertz CT molecular complexity index is 715. The van der Waals surface area contributed by atoms with Gasteiger partial charge in [0.15, 0.2) is 17.4 Å². The molecule has 1 aromatic carbocycles. The van der Waals surface area contributed by atoms with Gasteiger partial charge in [0, 0.05) is 51.9 Å². The van der Waals surface area contributed by atoms with E-state index in [1.807, 2.05) is 4.90 Å². The van der Waals surface area contributed by atoms with Gasteiger partial charge in [0.25, 0.3) is 0 Å². The minimum Gasteiger partial charge on any atom is -0.491 e. The van der Waals surface area contributed by atoms with E-state index in [0.717, 1.165) is 20.0 Å². The van der Waals surface area contributed by atoms with Crippen molar-refractivity contribution < 1.29 is 27.1 Å². The molecule has 2 bridgehead atoms. The summed E-state index contributed by atoms with van der Waals surface area (Å²) in [6.07, 6.45) is 1.65. The van der Waals surface area contributed by atoms with Gasteiger partial charge in [-0.05, 0) is 18.8 Å². The molecule has 0 radical (unpaired) electrons. The second-order valence-electron chi connectivity index (χ2n) is 7.38. The number of rotatable bonds is 3. The Labute approximate surface area is 155 Å². The number of nitrogens with zero attached hydrogens (tertiary/aromatic N) is 3. The van der Waals surface area contributed by atoms with Crippen LogP contribution in [0.2, 0.25) is 0 Å². The van der Waals surface area contributed by atoms with Gasteiger partial charge in [-0.2, -0.15) is 8.78 Å². The minimum atomic E-state index is -1.53. The molecule has 9 heteroatoms. The van der Waals surface area contributed by atoms with Crippen LogP contribution in [0.15, 0.2) is 0 Å². The molecule has 150 valence electrons. The summed E-state index contributed by atoms with van der Waals surface area (Å²) in [5.74, 6) is -6.86. The Morgan fingerprint density at radius 2 is 1.67 bits per heavy atom. The summed E-state index contributed by atoms with van der Waals surface area (Å²) >= 11 is 0. The van der Waals surface area contributed by atoms with Crippen molar-refractivity contribution in [2.24, 2.45) is 5.92 Å². The molecule has 0 unspecified atom stereocenters. The molecule has 5 nitrogen and oxygen atoms in total. The van der Waals surface area contributed by atoms with Crippen LogP contribution in [0.25, 0.3) is 0 Å². The number of urea groups is 1. The van der Waals surface area contributed by atoms with Crippen LogP contribution in [0.1, 0.15) is 18.4 Å². The van der Waals surface area contributed by atoms with E-state index in [1.165, 1.54) is 4.90 Å². The Morgan fingerprint density at radius 3 is 2.22 bits per heavy atom. The largest absolute Gasteiger partial charge is 0.491 e. The standard InChI is InChI=1S/C18H23F4N3O2/c1-23(2)18(26)25-7-10-4-5-11(8-25)24(6-10)9-12-13(19)15(21)17(27-3)16(22)14(12)20/h10-11H,4-9H2,1-3H3/t10-,11-/m1/s1. The summed E-state index contributed by atoms with van der Waals surface area (Å²) in [5.41, 5.74) is -0.649. The average Bonchev–Trinajstić information content (AvgIpc) is 2.95. The van der Waals surface area contributed by atoms with E-state index < -0.39 is 34.6 Å². The van der Waals surface area contributed by atoms with Crippen LogP contribution >= 0.6 is 0 Å². The van der Waals surface area contributed by atoms with Crippen molar-refractivity contribution in [1.82, 2.24) is 14.7 Å². The third kappa shape index (κ3) is 3.56. The molecule has 0 aliphatic carbocycles. The molecular formula is C18H23F4N3O2. The first kappa shape index (κ1) is 19.7. The highest BCUT2D eigenvalue weighted by molar-refractivity contribution is 5.74. The van der Waals surface area contributed by atoms with Crippen molar-refractivity contribution in [2.75, 3.05) is 40.8 Å². The fourth-order valence-corrected chi connectivity index (χ4v) is 3.99. The fraction of sp³-hybridized carbons (Fsp3) is 0.611. The van der Waals surface area contributed by atoms with Crippen molar-refractivity contribution in [3.05, 3.63) is 28.8 Å². The SMILES string of the molecule is COc1c(F)c(F)c(CN2C[C@H]3CC[C@@H]2CN(C(=O)N(C)C)C3)c(F)c1F. The van der Waals surface area contributed by atoms with Gasteiger partial charge in [0.2, 0.25) is 11.6 Å². The Morgan fingerprint density at radius 1 is 1.04 bits per heavy atom. The molecule has 4 rings (SSSR count). The number of carbonyl (C=O) groups is 1. The van der Waals surface area contributed by atoms with E-state index in [4.69, 9.17) is 0 Å². The number of benzene rings is 1. The van der Waals surface area contributed by atoms with Crippen molar-refractivity contribution >= 4 is 6.03 Å². The highest BCUT2D eigenvalue weighted by atomic mass is 19.2. The Kier molecular flexibility index (Phi) is 5.50. The van der Waals surface area contributed by atoms with Gasteiger partial charge in [0.05, 0.1) is 7.11 Å². The van der Waals surface area contributed by atoms with Crippen LogP contribution in [0.5, 0.6) is 5.75 Å². The lowest BCUT2D eigenvalue weighted by atomic mass is 9.94. The number of fused-ring (bicyclic) bond motifs is 4. The maximum absolute atomic E-state index is 14.3. The molecule has 2 atom stereocenters. The maximum atomic E-state index is 14.3. The third-order valence-electron chi connectivity index (χ3n) is 5.36. The monoisotopic (exact) mass is 389 g/mol. The molecule has 0 spiro atoms.